The van der Waals surface area contributed by atoms with Gasteiger partial charge in [-0.1, -0.05) is 6.07 Å². The largest absolute Gasteiger partial charge is 0.486 e. The molecule has 0 fully saturated rings. The first kappa shape index (κ1) is 13.1. The van der Waals surface area contributed by atoms with Crippen LogP contribution in [0.2, 0.25) is 0 Å². The number of carbonyl (C=O) groups is 1. The SMILES string of the molecule is CCn1cc(C(=O)O)nc1COc1cccc(F)c1. The van der Waals surface area contributed by atoms with E-state index in [2.05, 4.69) is 4.98 Å². The number of carboxylic acids is 1. The maximum absolute atomic E-state index is 13.0. The summed E-state index contributed by atoms with van der Waals surface area (Å²) in [5, 5.41) is 8.87. The Balaban J connectivity index is 2.12. The van der Waals surface area contributed by atoms with Gasteiger partial charge < -0.3 is 14.4 Å². The number of aromatic nitrogens is 2. The number of hydrogen-bond donors (Lipinski definition) is 1. The van der Waals surface area contributed by atoms with Gasteiger partial charge in [0.15, 0.2) is 5.69 Å². The normalized spacial score (nSPS) is 10.4. The van der Waals surface area contributed by atoms with Crippen LogP contribution in [0.3, 0.4) is 0 Å². The van der Waals surface area contributed by atoms with Crippen LogP contribution in [0.1, 0.15) is 23.2 Å². The highest BCUT2D eigenvalue weighted by molar-refractivity contribution is 5.85. The van der Waals surface area contributed by atoms with Gasteiger partial charge in [-0.3, -0.25) is 0 Å². The van der Waals surface area contributed by atoms with Gasteiger partial charge in [0.05, 0.1) is 0 Å². The summed E-state index contributed by atoms with van der Waals surface area (Å²) in [7, 11) is 0. The summed E-state index contributed by atoms with van der Waals surface area (Å²) in [6.07, 6.45) is 1.45. The Kier molecular flexibility index (Phi) is 3.79. The number of hydrogen-bond acceptors (Lipinski definition) is 3. The number of halogens is 1. The highest BCUT2D eigenvalue weighted by atomic mass is 19.1. The molecule has 2 aromatic rings. The minimum atomic E-state index is -1.08. The second kappa shape index (κ2) is 5.51. The van der Waals surface area contributed by atoms with Crippen LogP contribution in [0.15, 0.2) is 30.5 Å². The van der Waals surface area contributed by atoms with Crippen LogP contribution >= 0.6 is 0 Å². The summed E-state index contributed by atoms with van der Waals surface area (Å²) in [6, 6.07) is 5.75. The molecule has 5 nitrogen and oxygen atoms in total. The van der Waals surface area contributed by atoms with E-state index < -0.39 is 5.97 Å². The lowest BCUT2D eigenvalue weighted by molar-refractivity contribution is 0.0690. The van der Waals surface area contributed by atoms with Crippen molar-refractivity contribution in [3.05, 3.63) is 47.8 Å². The lowest BCUT2D eigenvalue weighted by atomic mass is 10.3. The number of ether oxygens (including phenoxy) is 1. The van der Waals surface area contributed by atoms with Crippen molar-refractivity contribution in [3.8, 4) is 5.75 Å². The van der Waals surface area contributed by atoms with Gasteiger partial charge in [-0.05, 0) is 19.1 Å². The van der Waals surface area contributed by atoms with Crippen molar-refractivity contribution >= 4 is 5.97 Å². The van der Waals surface area contributed by atoms with E-state index in [0.717, 1.165) is 0 Å². The predicted molar refractivity (Wildman–Crippen MR) is 65.6 cm³/mol. The van der Waals surface area contributed by atoms with Crippen molar-refractivity contribution < 1.29 is 19.0 Å². The molecule has 1 heterocycles. The van der Waals surface area contributed by atoms with Gasteiger partial charge in [0.25, 0.3) is 0 Å². The van der Waals surface area contributed by atoms with Gasteiger partial charge in [0.2, 0.25) is 0 Å². The maximum atomic E-state index is 13.0. The minimum Gasteiger partial charge on any atom is -0.486 e. The van der Waals surface area contributed by atoms with E-state index in [-0.39, 0.29) is 18.1 Å². The van der Waals surface area contributed by atoms with E-state index in [1.165, 1.54) is 18.3 Å². The third-order valence-electron chi connectivity index (χ3n) is 2.58. The average Bonchev–Trinajstić information content (AvgIpc) is 2.80. The lowest BCUT2D eigenvalue weighted by Crippen LogP contribution is -2.05. The van der Waals surface area contributed by atoms with Crippen molar-refractivity contribution in [1.82, 2.24) is 9.55 Å². The van der Waals surface area contributed by atoms with Crippen molar-refractivity contribution in [2.45, 2.75) is 20.1 Å². The fourth-order valence-electron chi connectivity index (χ4n) is 1.65. The van der Waals surface area contributed by atoms with Crippen molar-refractivity contribution in [2.24, 2.45) is 0 Å². The van der Waals surface area contributed by atoms with Crippen LogP contribution in [0.5, 0.6) is 5.75 Å². The first-order valence-corrected chi connectivity index (χ1v) is 5.78. The number of rotatable bonds is 5. The van der Waals surface area contributed by atoms with Gasteiger partial charge >= 0.3 is 5.97 Å². The third-order valence-corrected chi connectivity index (χ3v) is 2.58. The molecule has 0 amide bonds. The Labute approximate surface area is 109 Å². The lowest BCUT2D eigenvalue weighted by Gasteiger charge is -2.07. The summed E-state index contributed by atoms with van der Waals surface area (Å²) in [6.45, 7) is 2.55. The van der Waals surface area contributed by atoms with Crippen molar-refractivity contribution in [3.63, 3.8) is 0 Å². The summed E-state index contributed by atoms with van der Waals surface area (Å²) >= 11 is 0. The number of aromatic carboxylic acids is 1. The second-order valence-electron chi connectivity index (χ2n) is 3.88. The molecule has 2 rings (SSSR count). The Morgan fingerprint density at radius 2 is 2.32 bits per heavy atom. The van der Waals surface area contributed by atoms with Gasteiger partial charge in [0.1, 0.15) is 24.0 Å². The third kappa shape index (κ3) is 3.09. The zero-order valence-electron chi connectivity index (χ0n) is 10.3. The molecular weight excluding hydrogens is 251 g/mol. The van der Waals surface area contributed by atoms with Crippen LogP contribution in [0.4, 0.5) is 4.39 Å². The molecule has 1 aromatic heterocycles. The number of aryl methyl sites for hydroxylation is 1. The zero-order chi connectivity index (χ0) is 13.8. The predicted octanol–water partition coefficient (Wildman–Crippen LogP) is 2.32. The van der Waals surface area contributed by atoms with Crippen LogP contribution in [-0.4, -0.2) is 20.6 Å². The molecule has 0 spiro atoms. The molecule has 0 aliphatic heterocycles. The number of benzene rings is 1. The van der Waals surface area contributed by atoms with Crippen LogP contribution in [0.25, 0.3) is 0 Å². The summed E-state index contributed by atoms with van der Waals surface area (Å²) in [5.74, 6) is -0.603. The molecule has 0 atom stereocenters. The van der Waals surface area contributed by atoms with Gasteiger partial charge in [0, 0.05) is 18.8 Å². The highest BCUT2D eigenvalue weighted by Gasteiger charge is 2.12. The monoisotopic (exact) mass is 264 g/mol. The molecule has 1 aromatic carbocycles. The quantitative estimate of drug-likeness (QED) is 0.900. The topological polar surface area (TPSA) is 64.4 Å². The van der Waals surface area contributed by atoms with E-state index >= 15 is 0 Å². The second-order valence-corrected chi connectivity index (χ2v) is 3.88. The molecule has 0 saturated heterocycles. The molecule has 0 saturated carbocycles. The van der Waals surface area contributed by atoms with Crippen LogP contribution < -0.4 is 4.74 Å². The minimum absolute atomic E-state index is 0.0281. The summed E-state index contributed by atoms with van der Waals surface area (Å²) < 4.78 is 20.0. The molecule has 1 N–H and O–H groups in total. The summed E-state index contributed by atoms with van der Waals surface area (Å²) in [5.41, 5.74) is -0.0281. The van der Waals surface area contributed by atoms with E-state index in [4.69, 9.17) is 9.84 Å². The number of imidazole rings is 1. The molecule has 0 unspecified atom stereocenters. The van der Waals surface area contributed by atoms with Crippen molar-refractivity contribution in [1.29, 1.82) is 0 Å². The molecule has 0 aliphatic rings. The number of carboxylic acid groups (broad SMARTS) is 1. The van der Waals surface area contributed by atoms with Gasteiger partial charge in [-0.25, -0.2) is 14.2 Å². The van der Waals surface area contributed by atoms with Gasteiger partial charge in [-0.2, -0.15) is 0 Å². The summed E-state index contributed by atoms with van der Waals surface area (Å²) in [4.78, 5) is 14.8. The molecular formula is C13H13FN2O3. The molecule has 0 aliphatic carbocycles. The Morgan fingerprint density at radius 1 is 1.53 bits per heavy atom. The van der Waals surface area contributed by atoms with Crippen LogP contribution in [0, 0.1) is 5.82 Å². The molecule has 0 bridgehead atoms. The Bertz CT molecular complexity index is 595. The molecule has 0 radical (unpaired) electrons. The zero-order valence-corrected chi connectivity index (χ0v) is 10.3. The highest BCUT2D eigenvalue weighted by Crippen LogP contribution is 2.14. The first-order chi connectivity index (χ1) is 9.10. The van der Waals surface area contributed by atoms with Crippen LogP contribution in [-0.2, 0) is 13.2 Å². The van der Waals surface area contributed by atoms with E-state index in [0.29, 0.717) is 18.1 Å². The molecule has 100 valence electrons. The first-order valence-electron chi connectivity index (χ1n) is 5.78. The smallest absolute Gasteiger partial charge is 0.356 e. The number of nitrogens with zero attached hydrogens (tertiary/aromatic N) is 2. The maximum Gasteiger partial charge on any atom is 0.356 e. The standard InChI is InChI=1S/C13H13FN2O3/c1-2-16-7-11(13(17)18)15-12(16)8-19-10-5-3-4-9(14)6-10/h3-7H,2,8H2,1H3,(H,17,18). The van der Waals surface area contributed by atoms with E-state index in [1.54, 1.807) is 16.7 Å². The van der Waals surface area contributed by atoms with E-state index in [1.807, 2.05) is 6.92 Å². The average molecular weight is 264 g/mol. The molecule has 19 heavy (non-hydrogen) atoms. The Morgan fingerprint density at radius 3 is 2.95 bits per heavy atom. The molecule has 6 heteroatoms. The van der Waals surface area contributed by atoms with E-state index in [9.17, 15) is 9.18 Å². The Hall–Kier alpha value is -2.37. The fraction of sp³-hybridized carbons (Fsp3) is 0.231. The van der Waals surface area contributed by atoms with Crippen molar-refractivity contribution in [2.75, 3.05) is 0 Å². The fourth-order valence-corrected chi connectivity index (χ4v) is 1.65. The van der Waals surface area contributed by atoms with Gasteiger partial charge in [-0.15, -0.1) is 0 Å².